The van der Waals surface area contributed by atoms with Gasteiger partial charge >= 0.3 is 0 Å². The topological polar surface area (TPSA) is 70.8 Å². The third-order valence-corrected chi connectivity index (χ3v) is 4.23. The second kappa shape index (κ2) is 5.07. The molecule has 0 spiro atoms. The van der Waals surface area contributed by atoms with Crippen LogP contribution in [0.2, 0.25) is 0 Å². The number of rotatable bonds is 3. The molecule has 1 saturated heterocycles. The summed E-state index contributed by atoms with van der Waals surface area (Å²) in [6.45, 7) is 3.20. The molecule has 3 N–H and O–H groups in total. The maximum absolute atomic E-state index is 5.66. The van der Waals surface area contributed by atoms with Crippen LogP contribution in [-0.4, -0.2) is 33.2 Å². The Bertz CT molecular complexity index is 492. The number of nitrogens with two attached hydrogens (primary N) is 1. The van der Waals surface area contributed by atoms with Crippen LogP contribution in [0.25, 0.3) is 0 Å². The number of nitrogens with one attached hydrogen (secondary N) is 1. The molecular formula is C12H17N5S. The maximum atomic E-state index is 5.66. The molecule has 0 aromatic carbocycles. The highest BCUT2D eigenvalue weighted by Gasteiger charge is 2.22. The van der Waals surface area contributed by atoms with Crippen LogP contribution in [0.3, 0.4) is 0 Å². The zero-order valence-electron chi connectivity index (χ0n) is 10.2. The Labute approximate surface area is 110 Å². The second-order valence-corrected chi connectivity index (χ2v) is 5.90. The Balaban J connectivity index is 1.63. The van der Waals surface area contributed by atoms with Gasteiger partial charge in [-0.05, 0) is 25.5 Å². The van der Waals surface area contributed by atoms with Crippen LogP contribution in [-0.2, 0) is 6.54 Å². The summed E-state index contributed by atoms with van der Waals surface area (Å²) in [5.74, 6) is 0.575. The number of nitrogen functional groups attached to an aromatic ring is 1. The van der Waals surface area contributed by atoms with E-state index in [1.54, 1.807) is 11.3 Å². The number of likely N-dealkylation sites (tertiary alicyclic amines) is 1. The molecule has 5 nitrogen and oxygen atoms in total. The van der Waals surface area contributed by atoms with Crippen molar-refractivity contribution < 1.29 is 0 Å². The Kier molecular flexibility index (Phi) is 3.29. The number of anilines is 1. The predicted octanol–water partition coefficient (Wildman–Crippen LogP) is 1.83. The third kappa shape index (κ3) is 2.54. The number of aromatic amines is 1. The van der Waals surface area contributed by atoms with E-state index in [2.05, 4.69) is 26.1 Å². The van der Waals surface area contributed by atoms with Gasteiger partial charge < -0.3 is 5.73 Å². The van der Waals surface area contributed by atoms with Gasteiger partial charge in [-0.15, -0.1) is 11.3 Å². The summed E-state index contributed by atoms with van der Waals surface area (Å²) in [6.07, 6.45) is 6.19. The van der Waals surface area contributed by atoms with Crippen molar-refractivity contribution in [1.29, 1.82) is 0 Å². The van der Waals surface area contributed by atoms with E-state index in [9.17, 15) is 0 Å². The van der Waals surface area contributed by atoms with Crippen molar-refractivity contribution in [3.63, 3.8) is 0 Å². The highest BCUT2D eigenvalue weighted by Crippen LogP contribution is 2.27. The quantitative estimate of drug-likeness (QED) is 0.886. The molecular weight excluding hydrogens is 246 g/mol. The van der Waals surface area contributed by atoms with Crippen molar-refractivity contribution in [3.05, 3.63) is 29.0 Å². The standard InChI is InChI=1S/C12H17N5S/c13-12-14-6-10(18-12)8-17-5-1-2-9(7-17)11-3-4-15-16-11/h3-4,6,9H,1-2,5,7-8H2,(H2,13,14)(H,15,16). The van der Waals surface area contributed by atoms with Gasteiger partial charge in [-0.25, -0.2) is 4.98 Å². The van der Waals surface area contributed by atoms with Crippen molar-refractivity contribution in [2.24, 2.45) is 0 Å². The summed E-state index contributed by atoms with van der Waals surface area (Å²) in [7, 11) is 0. The van der Waals surface area contributed by atoms with Crippen LogP contribution in [0.4, 0.5) is 5.13 Å². The summed E-state index contributed by atoms with van der Waals surface area (Å²) in [4.78, 5) is 7.83. The fourth-order valence-corrected chi connectivity index (χ4v) is 3.29. The minimum Gasteiger partial charge on any atom is -0.375 e. The van der Waals surface area contributed by atoms with Crippen molar-refractivity contribution in [2.75, 3.05) is 18.8 Å². The van der Waals surface area contributed by atoms with Gasteiger partial charge in [0.05, 0.1) is 0 Å². The minimum atomic E-state index is 0.575. The lowest BCUT2D eigenvalue weighted by molar-refractivity contribution is 0.200. The van der Waals surface area contributed by atoms with E-state index in [1.165, 1.54) is 23.4 Å². The molecule has 3 heterocycles. The van der Waals surface area contributed by atoms with Gasteiger partial charge in [0, 0.05) is 42.0 Å². The smallest absolute Gasteiger partial charge is 0.180 e. The third-order valence-electron chi connectivity index (χ3n) is 3.42. The Morgan fingerprint density at radius 1 is 1.56 bits per heavy atom. The largest absolute Gasteiger partial charge is 0.375 e. The fourth-order valence-electron chi connectivity index (χ4n) is 2.56. The van der Waals surface area contributed by atoms with Crippen molar-refractivity contribution in [2.45, 2.75) is 25.3 Å². The van der Waals surface area contributed by atoms with E-state index in [0.29, 0.717) is 11.0 Å². The van der Waals surface area contributed by atoms with E-state index >= 15 is 0 Å². The molecule has 0 radical (unpaired) electrons. The molecule has 1 aliphatic heterocycles. The molecule has 1 fully saturated rings. The monoisotopic (exact) mass is 263 g/mol. The van der Waals surface area contributed by atoms with E-state index in [1.807, 2.05) is 12.4 Å². The van der Waals surface area contributed by atoms with Crippen LogP contribution in [0, 0.1) is 0 Å². The zero-order valence-corrected chi connectivity index (χ0v) is 11.0. The number of thiazole rings is 1. The normalized spacial score (nSPS) is 21.2. The molecule has 2 aromatic rings. The number of hydrogen-bond acceptors (Lipinski definition) is 5. The SMILES string of the molecule is Nc1ncc(CN2CCCC(c3ccn[nH]3)C2)s1. The summed E-state index contributed by atoms with van der Waals surface area (Å²) in [6, 6.07) is 2.08. The molecule has 96 valence electrons. The van der Waals surface area contributed by atoms with Crippen LogP contribution in [0.15, 0.2) is 18.5 Å². The van der Waals surface area contributed by atoms with Gasteiger partial charge in [0.2, 0.25) is 0 Å². The molecule has 0 aliphatic carbocycles. The first-order valence-electron chi connectivity index (χ1n) is 6.23. The van der Waals surface area contributed by atoms with Crippen LogP contribution in [0.5, 0.6) is 0 Å². The molecule has 1 atom stereocenters. The van der Waals surface area contributed by atoms with E-state index in [4.69, 9.17) is 5.73 Å². The number of hydrogen-bond donors (Lipinski definition) is 2. The van der Waals surface area contributed by atoms with Crippen LogP contribution >= 0.6 is 11.3 Å². The first kappa shape index (κ1) is 11.7. The maximum Gasteiger partial charge on any atom is 0.180 e. The number of piperidine rings is 1. The van der Waals surface area contributed by atoms with Crippen molar-refractivity contribution >= 4 is 16.5 Å². The van der Waals surface area contributed by atoms with Crippen molar-refractivity contribution in [1.82, 2.24) is 20.1 Å². The Morgan fingerprint density at radius 3 is 3.22 bits per heavy atom. The zero-order chi connectivity index (χ0) is 12.4. The van der Waals surface area contributed by atoms with Crippen LogP contribution < -0.4 is 5.73 Å². The number of nitrogens with zero attached hydrogens (tertiary/aromatic N) is 3. The summed E-state index contributed by atoms with van der Waals surface area (Å²) in [5, 5.41) is 7.79. The first-order valence-corrected chi connectivity index (χ1v) is 7.05. The van der Waals surface area contributed by atoms with E-state index in [-0.39, 0.29) is 0 Å². The molecule has 6 heteroatoms. The van der Waals surface area contributed by atoms with Gasteiger partial charge in [-0.3, -0.25) is 10.00 Å². The van der Waals surface area contributed by atoms with E-state index < -0.39 is 0 Å². The molecule has 2 aromatic heterocycles. The molecule has 18 heavy (non-hydrogen) atoms. The average Bonchev–Trinajstić information content (AvgIpc) is 3.01. The van der Waals surface area contributed by atoms with Crippen molar-refractivity contribution in [3.8, 4) is 0 Å². The van der Waals surface area contributed by atoms with Gasteiger partial charge in [-0.1, -0.05) is 0 Å². The molecule has 0 saturated carbocycles. The lowest BCUT2D eigenvalue weighted by atomic mass is 9.95. The molecule has 0 amide bonds. The van der Waals surface area contributed by atoms with Gasteiger partial charge in [0.15, 0.2) is 5.13 Å². The first-order chi connectivity index (χ1) is 8.81. The lowest BCUT2D eigenvalue weighted by Crippen LogP contribution is -2.33. The molecule has 3 rings (SSSR count). The number of H-pyrrole nitrogens is 1. The van der Waals surface area contributed by atoms with Gasteiger partial charge in [-0.2, -0.15) is 5.10 Å². The lowest BCUT2D eigenvalue weighted by Gasteiger charge is -2.31. The minimum absolute atomic E-state index is 0.575. The Morgan fingerprint density at radius 2 is 2.50 bits per heavy atom. The molecule has 1 unspecified atom stereocenters. The van der Waals surface area contributed by atoms with Gasteiger partial charge in [0.1, 0.15) is 0 Å². The Hall–Kier alpha value is -1.40. The van der Waals surface area contributed by atoms with Gasteiger partial charge in [0.25, 0.3) is 0 Å². The number of aromatic nitrogens is 3. The average molecular weight is 263 g/mol. The summed E-state index contributed by atoms with van der Waals surface area (Å²) >= 11 is 1.58. The fraction of sp³-hybridized carbons (Fsp3) is 0.500. The predicted molar refractivity (Wildman–Crippen MR) is 72.4 cm³/mol. The van der Waals surface area contributed by atoms with E-state index in [0.717, 1.165) is 19.6 Å². The second-order valence-electron chi connectivity index (χ2n) is 4.75. The summed E-state index contributed by atoms with van der Waals surface area (Å²) < 4.78 is 0. The molecule has 1 aliphatic rings. The van der Waals surface area contributed by atoms with Crippen LogP contribution in [0.1, 0.15) is 29.3 Å². The highest BCUT2D eigenvalue weighted by molar-refractivity contribution is 7.15. The molecule has 0 bridgehead atoms. The highest BCUT2D eigenvalue weighted by atomic mass is 32.1. The summed E-state index contributed by atoms with van der Waals surface area (Å²) in [5.41, 5.74) is 6.92.